The van der Waals surface area contributed by atoms with Crippen LogP contribution in [0.4, 0.5) is 0 Å². The van der Waals surface area contributed by atoms with Gasteiger partial charge in [-0.25, -0.2) is 9.34 Å². The van der Waals surface area contributed by atoms with E-state index in [2.05, 4.69) is 139 Å². The van der Waals surface area contributed by atoms with Crippen LogP contribution >= 0.6 is 20.2 Å². The predicted octanol–water partition coefficient (Wildman–Crippen LogP) is 12.9. The molecule has 11 heteroatoms. The van der Waals surface area contributed by atoms with E-state index in [1.807, 2.05) is 0 Å². The van der Waals surface area contributed by atoms with Crippen LogP contribution in [0.2, 0.25) is 36.3 Å². The van der Waals surface area contributed by atoms with E-state index in [1.54, 1.807) is 0 Å². The molecular weight excluding hydrogens is 708 g/mol. The predicted molar refractivity (Wildman–Crippen MR) is 232 cm³/mol. The van der Waals surface area contributed by atoms with Gasteiger partial charge in [-0.3, -0.25) is 4.79 Å². The van der Waals surface area contributed by atoms with Gasteiger partial charge in [-0.05, 0) is 117 Å². The van der Waals surface area contributed by atoms with Crippen LogP contribution in [0.3, 0.4) is 0 Å². The van der Waals surface area contributed by atoms with Crippen LogP contribution < -0.4 is 0 Å². The molecule has 0 bridgehead atoms. The van der Waals surface area contributed by atoms with Gasteiger partial charge >= 0.3 is 0 Å². The summed E-state index contributed by atoms with van der Waals surface area (Å²) in [6.07, 6.45) is 7.89. The van der Waals surface area contributed by atoms with Gasteiger partial charge in [0, 0.05) is 55.8 Å². The Morgan fingerprint density at radius 2 is 1.10 bits per heavy atom. The summed E-state index contributed by atoms with van der Waals surface area (Å²) in [6.45, 7) is 46.5. The van der Waals surface area contributed by atoms with E-state index in [1.165, 1.54) is 11.8 Å². The summed E-state index contributed by atoms with van der Waals surface area (Å²) >= 11 is 1.32. The summed E-state index contributed by atoms with van der Waals surface area (Å²) in [5.41, 5.74) is 0.0332. The Morgan fingerprint density at radius 3 is 1.49 bits per heavy atom. The molecular formula is C40H87N2O5PSSi2. The number of hydrogen-bond donors (Lipinski definition) is 0. The third-order valence-corrected chi connectivity index (χ3v) is 24.0. The average Bonchev–Trinajstić information content (AvgIpc) is 2.97. The highest BCUT2D eigenvalue weighted by Gasteiger charge is 2.43. The van der Waals surface area contributed by atoms with Crippen molar-refractivity contribution < 1.29 is 22.9 Å². The van der Waals surface area contributed by atoms with Gasteiger partial charge < -0.3 is 18.1 Å². The van der Waals surface area contributed by atoms with Crippen molar-refractivity contribution in [2.24, 2.45) is 5.41 Å². The zero-order valence-electron chi connectivity index (χ0n) is 37.3. The van der Waals surface area contributed by atoms with Crippen molar-refractivity contribution >= 4 is 42.0 Å². The van der Waals surface area contributed by atoms with E-state index in [0.29, 0.717) is 49.7 Å². The monoisotopic (exact) mass is 795 g/mol. The molecule has 0 aliphatic heterocycles. The lowest BCUT2D eigenvalue weighted by Crippen LogP contribution is -2.48. The molecule has 0 amide bonds. The van der Waals surface area contributed by atoms with Gasteiger partial charge in [0.05, 0.1) is 12.5 Å². The summed E-state index contributed by atoms with van der Waals surface area (Å²) in [5.74, 6) is 0.420. The van der Waals surface area contributed by atoms with Crippen LogP contribution in [0.25, 0.3) is 0 Å². The molecule has 0 aromatic heterocycles. The Morgan fingerprint density at radius 1 is 0.667 bits per heavy atom. The van der Waals surface area contributed by atoms with Crippen LogP contribution in [-0.4, -0.2) is 87.6 Å². The topological polar surface area (TPSA) is 60.5 Å². The Labute approximate surface area is 326 Å². The summed E-state index contributed by atoms with van der Waals surface area (Å²) < 4.78 is 31.2. The number of hydrogen-bond acceptors (Lipinski definition) is 8. The van der Waals surface area contributed by atoms with Crippen molar-refractivity contribution in [3.63, 3.8) is 0 Å². The standard InChI is InChI=1S/C40H87N2O5PSSi2/c1-20-40(30-46-50(16,17)38(10,11)12,31-47-51(18,19)39(13,14)15)27-24-22-21-23-26-37(43)49-32-44-28-25-29-45-48(41(33(2)3)34(4)5)42(35(6)7)36(8)9/h33-36H,20-32H2,1-19H3. The minimum Gasteiger partial charge on any atom is -0.416 e. The van der Waals surface area contributed by atoms with E-state index in [4.69, 9.17) is 18.1 Å². The first kappa shape index (κ1) is 51.6. The highest BCUT2D eigenvalue weighted by molar-refractivity contribution is 8.13. The molecule has 0 saturated carbocycles. The summed E-state index contributed by atoms with van der Waals surface area (Å²) in [6, 6.07) is 1.61. The number of ether oxygens (including phenoxy) is 1. The molecule has 0 radical (unpaired) electrons. The highest BCUT2D eigenvalue weighted by atomic mass is 32.2. The molecule has 0 aromatic rings. The van der Waals surface area contributed by atoms with Crippen LogP contribution in [0, 0.1) is 5.41 Å². The third kappa shape index (κ3) is 18.9. The molecule has 0 aliphatic rings. The van der Waals surface area contributed by atoms with Crippen molar-refractivity contribution in [1.29, 1.82) is 0 Å². The second-order valence-electron chi connectivity index (χ2n) is 19.0. The SMILES string of the molecule is CCC(CCCCCCC(=O)SCOCCCOP(N(C(C)C)C(C)C)N(C(C)C)C(C)C)(CO[Si](C)(C)C(C)(C)C)CO[Si](C)(C)C(C)(C)C. The summed E-state index contributed by atoms with van der Waals surface area (Å²) in [7, 11) is -4.62. The molecule has 0 fully saturated rings. The maximum absolute atomic E-state index is 12.6. The first-order valence-electron chi connectivity index (χ1n) is 20.3. The largest absolute Gasteiger partial charge is 0.416 e. The fourth-order valence-corrected chi connectivity index (χ4v) is 10.8. The van der Waals surface area contributed by atoms with Gasteiger partial charge in [-0.1, -0.05) is 79.5 Å². The summed E-state index contributed by atoms with van der Waals surface area (Å²) in [4.78, 5) is 12.6. The van der Waals surface area contributed by atoms with Gasteiger partial charge in [-0.15, -0.1) is 0 Å². The molecule has 306 valence electrons. The van der Waals surface area contributed by atoms with Crippen LogP contribution in [0.15, 0.2) is 0 Å². The lowest BCUT2D eigenvalue weighted by molar-refractivity contribution is -0.111. The van der Waals surface area contributed by atoms with Gasteiger partial charge in [0.15, 0.2) is 30.2 Å². The van der Waals surface area contributed by atoms with Crippen LogP contribution in [-0.2, 0) is 22.9 Å². The lowest BCUT2D eigenvalue weighted by Gasteiger charge is -2.45. The Bertz CT molecular complexity index is 888. The van der Waals surface area contributed by atoms with E-state index in [0.717, 1.165) is 58.2 Å². The zero-order chi connectivity index (χ0) is 39.8. The fraction of sp³-hybridized carbons (Fsp3) is 0.975. The molecule has 0 spiro atoms. The third-order valence-electron chi connectivity index (χ3n) is 11.1. The van der Waals surface area contributed by atoms with E-state index >= 15 is 0 Å². The van der Waals surface area contributed by atoms with Crippen LogP contribution in [0.5, 0.6) is 0 Å². The minimum atomic E-state index is -1.87. The highest BCUT2D eigenvalue weighted by Crippen LogP contribution is 2.51. The zero-order valence-corrected chi connectivity index (χ0v) is 41.0. The number of unbranched alkanes of at least 4 members (excludes halogenated alkanes) is 3. The first-order valence-corrected chi connectivity index (χ1v) is 28.2. The molecule has 0 aliphatic carbocycles. The number of carbonyl (C=O) groups excluding carboxylic acids is 1. The van der Waals surface area contributed by atoms with Gasteiger partial charge in [0.1, 0.15) is 0 Å². The second kappa shape index (κ2) is 23.7. The van der Waals surface area contributed by atoms with E-state index in [-0.39, 0.29) is 20.6 Å². The van der Waals surface area contributed by atoms with E-state index in [9.17, 15) is 4.79 Å². The molecule has 0 aromatic carbocycles. The quantitative estimate of drug-likeness (QED) is 0.0353. The number of thioether (sulfide) groups is 1. The van der Waals surface area contributed by atoms with Gasteiger partial charge in [0.25, 0.3) is 0 Å². The number of nitrogens with zero attached hydrogens (tertiary/aromatic N) is 2. The molecule has 7 nitrogen and oxygen atoms in total. The number of rotatable bonds is 27. The smallest absolute Gasteiger partial charge is 0.192 e. The van der Waals surface area contributed by atoms with Gasteiger partial charge in [-0.2, -0.15) is 0 Å². The molecule has 0 heterocycles. The molecule has 0 N–H and O–H groups in total. The lowest BCUT2D eigenvalue weighted by atomic mass is 9.81. The van der Waals surface area contributed by atoms with Crippen LogP contribution in [0.1, 0.15) is 155 Å². The Balaban J connectivity index is 4.79. The van der Waals surface area contributed by atoms with Crippen molar-refractivity contribution in [3.05, 3.63) is 0 Å². The molecule has 0 unspecified atom stereocenters. The maximum Gasteiger partial charge on any atom is 0.192 e. The van der Waals surface area contributed by atoms with Crippen molar-refractivity contribution in [3.8, 4) is 0 Å². The molecule has 0 atom stereocenters. The summed E-state index contributed by atoms with van der Waals surface area (Å²) in [5, 5.41) is 0.609. The minimum absolute atomic E-state index is 0.0332. The maximum atomic E-state index is 12.6. The molecule has 51 heavy (non-hydrogen) atoms. The Hall–Kier alpha value is 0.644. The van der Waals surface area contributed by atoms with E-state index < -0.39 is 25.1 Å². The second-order valence-corrected chi connectivity index (χ2v) is 31.3. The fourth-order valence-electron chi connectivity index (χ4n) is 5.57. The van der Waals surface area contributed by atoms with Gasteiger partial charge in [0.2, 0.25) is 0 Å². The Kier molecular flexibility index (Phi) is 24.0. The van der Waals surface area contributed by atoms with Crippen molar-refractivity contribution in [1.82, 2.24) is 9.34 Å². The molecule has 0 saturated heterocycles. The first-order chi connectivity index (χ1) is 23.2. The van der Waals surface area contributed by atoms with Crippen molar-refractivity contribution in [2.45, 2.75) is 216 Å². The average molecular weight is 795 g/mol. The number of carbonyl (C=O) groups is 1. The molecule has 0 rings (SSSR count). The van der Waals surface area contributed by atoms with Crippen molar-refractivity contribution in [2.75, 3.05) is 32.4 Å². The normalized spacial score (nSPS) is 14.2.